The van der Waals surface area contributed by atoms with E-state index in [1.807, 2.05) is 0 Å². The summed E-state index contributed by atoms with van der Waals surface area (Å²) in [5.41, 5.74) is 1.02. The topological polar surface area (TPSA) is 0 Å². The fourth-order valence-corrected chi connectivity index (χ4v) is 7.10. The normalized spacial score (nSPS) is 14.2. The predicted molar refractivity (Wildman–Crippen MR) is 93.6 cm³/mol. The zero-order valence-electron chi connectivity index (χ0n) is 15.3. The zero-order valence-corrected chi connectivity index (χ0v) is 16.3. The van der Waals surface area contributed by atoms with Crippen LogP contribution >= 0.6 is 0 Å². The number of hydrogen-bond acceptors (Lipinski definition) is 0. The molecule has 1 heteroatoms. The van der Waals surface area contributed by atoms with Crippen molar-refractivity contribution >= 4 is 8.07 Å². The lowest BCUT2D eigenvalue weighted by Crippen LogP contribution is -2.33. The van der Waals surface area contributed by atoms with Gasteiger partial charge in [-0.15, -0.1) is 0 Å². The smallest absolute Gasteiger partial charge is 0.0505 e. The van der Waals surface area contributed by atoms with Crippen molar-refractivity contribution in [2.75, 3.05) is 0 Å². The summed E-state index contributed by atoms with van der Waals surface area (Å²) >= 11 is 0. The number of hydrogen-bond donors (Lipinski definition) is 0. The van der Waals surface area contributed by atoms with Crippen molar-refractivity contribution < 1.29 is 0 Å². The summed E-state index contributed by atoms with van der Waals surface area (Å²) in [7, 11) is -1.03. The Morgan fingerprint density at radius 3 is 1.37 bits per heavy atom. The maximum Gasteiger partial charge on any atom is 0.0505 e. The van der Waals surface area contributed by atoms with Gasteiger partial charge in [0.25, 0.3) is 0 Å². The highest BCUT2D eigenvalue weighted by atomic mass is 28.3. The third-order valence-corrected chi connectivity index (χ3v) is 8.69. The fraction of sp³-hybridized carbons (Fsp3) is 1.00. The Hall–Kier alpha value is 0.217. The van der Waals surface area contributed by atoms with Gasteiger partial charge in [-0.2, -0.15) is 0 Å². The first-order valence-electron chi connectivity index (χ1n) is 8.33. The van der Waals surface area contributed by atoms with E-state index in [0.29, 0.717) is 10.8 Å². The van der Waals surface area contributed by atoms with Crippen molar-refractivity contribution in [2.45, 2.75) is 99.3 Å². The maximum absolute atomic E-state index is 2.67. The molecule has 0 aliphatic heterocycles. The molecule has 0 bridgehead atoms. The van der Waals surface area contributed by atoms with Gasteiger partial charge < -0.3 is 0 Å². The Morgan fingerprint density at radius 1 is 0.737 bits per heavy atom. The monoisotopic (exact) mass is 284 g/mol. The maximum atomic E-state index is 2.67. The van der Waals surface area contributed by atoms with E-state index in [2.05, 4.69) is 61.9 Å². The molecule has 19 heavy (non-hydrogen) atoms. The number of rotatable bonds is 7. The minimum atomic E-state index is -1.03. The predicted octanol–water partition coefficient (Wildman–Crippen LogP) is 6.98. The van der Waals surface area contributed by atoms with Crippen molar-refractivity contribution in [2.24, 2.45) is 16.7 Å². The first-order valence-corrected chi connectivity index (χ1v) is 11.5. The third-order valence-electron chi connectivity index (χ3n) is 4.28. The van der Waals surface area contributed by atoms with Gasteiger partial charge in [0.2, 0.25) is 0 Å². The molecule has 0 atom stereocenters. The van der Waals surface area contributed by atoms with Crippen LogP contribution in [0.1, 0.15) is 74.7 Å². The minimum absolute atomic E-state index is 0.508. The van der Waals surface area contributed by atoms with Crippen molar-refractivity contribution in [1.82, 2.24) is 0 Å². The SMILES string of the molecule is CC(C)CC[Si](C)(CCC(C)(C)C)CCC(C)(C)C. The van der Waals surface area contributed by atoms with Crippen LogP contribution in [0, 0.1) is 16.7 Å². The van der Waals surface area contributed by atoms with Crippen molar-refractivity contribution in [1.29, 1.82) is 0 Å². The first kappa shape index (κ1) is 19.2. The minimum Gasteiger partial charge on any atom is -0.0691 e. The van der Waals surface area contributed by atoms with Crippen LogP contribution in [0.4, 0.5) is 0 Å². The molecule has 0 nitrogen and oxygen atoms in total. The second kappa shape index (κ2) is 7.29. The van der Waals surface area contributed by atoms with E-state index in [-0.39, 0.29) is 0 Å². The van der Waals surface area contributed by atoms with Crippen LogP contribution in [0.3, 0.4) is 0 Å². The molecule has 0 heterocycles. The average Bonchev–Trinajstić information content (AvgIpc) is 2.19. The Morgan fingerprint density at radius 2 is 1.11 bits per heavy atom. The molecule has 0 unspecified atom stereocenters. The average molecular weight is 285 g/mol. The molecule has 0 fully saturated rings. The Bertz CT molecular complexity index is 221. The van der Waals surface area contributed by atoms with Gasteiger partial charge in [-0.05, 0) is 16.7 Å². The highest BCUT2D eigenvalue weighted by molar-refractivity contribution is 6.78. The molecule has 0 N–H and O–H groups in total. The van der Waals surface area contributed by atoms with Crippen LogP contribution in [-0.4, -0.2) is 8.07 Å². The fourth-order valence-electron chi connectivity index (χ4n) is 2.37. The van der Waals surface area contributed by atoms with Gasteiger partial charge in [0, 0.05) is 0 Å². The third kappa shape index (κ3) is 11.7. The van der Waals surface area contributed by atoms with Gasteiger partial charge in [-0.3, -0.25) is 0 Å². The quantitative estimate of drug-likeness (QED) is 0.442. The van der Waals surface area contributed by atoms with Gasteiger partial charge in [0.05, 0.1) is 8.07 Å². The molecule has 0 saturated carbocycles. The van der Waals surface area contributed by atoms with Gasteiger partial charge in [0.1, 0.15) is 0 Å². The summed E-state index contributed by atoms with van der Waals surface area (Å²) in [6.45, 7) is 21.8. The van der Waals surface area contributed by atoms with Crippen LogP contribution in [0.15, 0.2) is 0 Å². The van der Waals surface area contributed by atoms with E-state index in [4.69, 9.17) is 0 Å². The standard InChI is InChI=1S/C18H40Si/c1-16(2)10-13-19(9,14-11-17(3,4)5)15-12-18(6,7)8/h16H,10-15H2,1-9H3. The molecular formula is C18H40Si. The van der Waals surface area contributed by atoms with Crippen molar-refractivity contribution in [3.63, 3.8) is 0 Å². The van der Waals surface area contributed by atoms with Crippen LogP contribution < -0.4 is 0 Å². The van der Waals surface area contributed by atoms with Gasteiger partial charge in [0.15, 0.2) is 0 Å². The van der Waals surface area contributed by atoms with E-state index in [1.165, 1.54) is 37.4 Å². The first-order chi connectivity index (χ1) is 8.33. The molecule has 0 rings (SSSR count). The second-order valence-electron chi connectivity index (χ2n) is 9.86. The molecule has 0 aliphatic carbocycles. The van der Waals surface area contributed by atoms with Crippen LogP contribution in [0.2, 0.25) is 24.7 Å². The molecular weight excluding hydrogens is 244 g/mol. The van der Waals surface area contributed by atoms with E-state index in [1.54, 1.807) is 0 Å². The zero-order chi connectivity index (χ0) is 15.3. The van der Waals surface area contributed by atoms with Crippen LogP contribution in [0.5, 0.6) is 0 Å². The van der Waals surface area contributed by atoms with E-state index in [0.717, 1.165) is 5.92 Å². The summed E-state index contributed by atoms with van der Waals surface area (Å²) in [4.78, 5) is 0. The summed E-state index contributed by atoms with van der Waals surface area (Å²) in [5, 5.41) is 0. The van der Waals surface area contributed by atoms with E-state index < -0.39 is 8.07 Å². The van der Waals surface area contributed by atoms with Crippen molar-refractivity contribution in [3.8, 4) is 0 Å². The molecule has 116 valence electrons. The van der Waals surface area contributed by atoms with E-state index in [9.17, 15) is 0 Å². The Labute approximate surface area is 124 Å². The van der Waals surface area contributed by atoms with Crippen LogP contribution in [-0.2, 0) is 0 Å². The highest BCUT2D eigenvalue weighted by Crippen LogP contribution is 2.35. The summed E-state index contributed by atoms with van der Waals surface area (Å²) < 4.78 is 0. The van der Waals surface area contributed by atoms with Gasteiger partial charge in [-0.1, -0.05) is 99.3 Å². The lowest BCUT2D eigenvalue weighted by Gasteiger charge is -2.34. The summed E-state index contributed by atoms with van der Waals surface area (Å²) in [6.07, 6.45) is 4.27. The molecule has 0 aliphatic rings. The lowest BCUT2D eigenvalue weighted by molar-refractivity contribution is 0.385. The molecule has 0 aromatic rings. The Balaban J connectivity index is 4.52. The molecule has 0 radical (unpaired) electrons. The van der Waals surface area contributed by atoms with Gasteiger partial charge >= 0.3 is 0 Å². The molecule has 0 saturated heterocycles. The Kier molecular flexibility index (Phi) is 7.37. The largest absolute Gasteiger partial charge is 0.0691 e. The lowest BCUT2D eigenvalue weighted by atomic mass is 9.93. The van der Waals surface area contributed by atoms with Crippen molar-refractivity contribution in [3.05, 3.63) is 0 Å². The molecule has 0 spiro atoms. The van der Waals surface area contributed by atoms with Gasteiger partial charge in [-0.25, -0.2) is 0 Å². The van der Waals surface area contributed by atoms with Crippen LogP contribution in [0.25, 0.3) is 0 Å². The summed E-state index contributed by atoms with van der Waals surface area (Å²) in [6, 6.07) is 4.59. The van der Waals surface area contributed by atoms with E-state index >= 15 is 0 Å². The summed E-state index contributed by atoms with van der Waals surface area (Å²) in [5.74, 6) is 0.871. The highest BCUT2D eigenvalue weighted by Gasteiger charge is 2.30. The second-order valence-corrected chi connectivity index (χ2v) is 15.0. The molecule has 0 aromatic carbocycles. The molecule has 0 aromatic heterocycles. The molecule has 0 amide bonds.